The van der Waals surface area contributed by atoms with Gasteiger partial charge in [-0.25, -0.2) is 0 Å². The Balaban J connectivity index is 2.99. The lowest BCUT2D eigenvalue weighted by molar-refractivity contribution is 0.604. The summed E-state index contributed by atoms with van der Waals surface area (Å²) in [5, 5.41) is 1.47. The Kier molecular flexibility index (Phi) is 2.52. The lowest BCUT2D eigenvalue weighted by atomic mass is 9.95. The monoisotopic (exact) mass is 185 g/mol. The predicted molar refractivity (Wildman–Crippen MR) is 54.6 cm³/mol. The summed E-state index contributed by atoms with van der Waals surface area (Å²) >= 11 is 0. The standard InChI is InChI=1S/C8H13NP2/c1-8(2,3)6-4-5-7(9)11-10-6/h4-5H,9H2,1-3H3. The van der Waals surface area contributed by atoms with Crippen LogP contribution in [0.5, 0.6) is 0 Å². The van der Waals surface area contributed by atoms with Crippen molar-refractivity contribution in [1.29, 1.82) is 0 Å². The molecule has 2 N–H and O–H groups in total. The number of anilines is 1. The first-order valence-corrected chi connectivity index (χ1v) is 6.09. The molecule has 3 heteroatoms. The van der Waals surface area contributed by atoms with E-state index < -0.39 is 0 Å². The van der Waals surface area contributed by atoms with E-state index in [1.807, 2.05) is 6.07 Å². The van der Waals surface area contributed by atoms with Crippen molar-refractivity contribution in [3.63, 3.8) is 0 Å². The fourth-order valence-electron chi connectivity index (χ4n) is 0.743. The van der Waals surface area contributed by atoms with E-state index in [2.05, 4.69) is 26.8 Å². The van der Waals surface area contributed by atoms with Gasteiger partial charge < -0.3 is 5.73 Å². The van der Waals surface area contributed by atoms with Gasteiger partial charge in [-0.3, -0.25) is 0 Å². The maximum atomic E-state index is 5.64. The Labute approximate surface area is 71.1 Å². The second-order valence-corrected chi connectivity index (χ2v) is 6.19. The van der Waals surface area contributed by atoms with Crippen LogP contribution in [0.1, 0.15) is 26.1 Å². The van der Waals surface area contributed by atoms with E-state index >= 15 is 0 Å². The van der Waals surface area contributed by atoms with E-state index in [0.29, 0.717) is 5.41 Å². The van der Waals surface area contributed by atoms with Crippen molar-refractivity contribution in [3.8, 4) is 0 Å². The first kappa shape index (κ1) is 8.97. The van der Waals surface area contributed by atoms with Crippen LogP contribution in [0.3, 0.4) is 0 Å². The van der Waals surface area contributed by atoms with Crippen molar-refractivity contribution >= 4 is 21.2 Å². The molecule has 0 amide bonds. The number of hydrogen-bond donors (Lipinski definition) is 1. The van der Waals surface area contributed by atoms with Crippen LogP contribution in [0, 0.1) is 0 Å². The minimum atomic E-state index is 0.297. The lowest BCUT2D eigenvalue weighted by Crippen LogP contribution is -2.08. The molecule has 1 heterocycles. The van der Waals surface area contributed by atoms with Gasteiger partial charge in [0.2, 0.25) is 0 Å². The quantitative estimate of drug-likeness (QED) is 0.654. The number of nitrogens with two attached hydrogens (primary N) is 1. The first-order chi connectivity index (χ1) is 5.00. The zero-order valence-electron chi connectivity index (χ0n) is 7.13. The summed E-state index contributed by atoms with van der Waals surface area (Å²) in [6, 6.07) is 4.16. The normalized spacial score (nSPS) is 13.0. The molecular weight excluding hydrogens is 172 g/mol. The Morgan fingerprint density at radius 3 is 2.18 bits per heavy atom. The van der Waals surface area contributed by atoms with Gasteiger partial charge in [0.15, 0.2) is 0 Å². The topological polar surface area (TPSA) is 26.0 Å². The molecule has 1 aromatic rings. The fourth-order valence-corrected chi connectivity index (χ4v) is 3.52. The predicted octanol–water partition coefficient (Wildman–Crippen LogP) is 3.73. The molecule has 0 aliphatic heterocycles. The van der Waals surface area contributed by atoms with Crippen LogP contribution in [0.4, 0.5) is 5.42 Å². The summed E-state index contributed by atoms with van der Waals surface area (Å²) in [5.74, 6) is 0. The van der Waals surface area contributed by atoms with Crippen LogP contribution >= 0.6 is 15.7 Å². The minimum Gasteiger partial charge on any atom is -0.395 e. The van der Waals surface area contributed by atoms with Crippen molar-refractivity contribution in [2.24, 2.45) is 0 Å². The maximum Gasteiger partial charge on any atom is 0.0638 e. The molecule has 0 aliphatic rings. The average molecular weight is 185 g/mol. The van der Waals surface area contributed by atoms with Gasteiger partial charge in [-0.2, -0.15) is 0 Å². The van der Waals surface area contributed by atoms with Gasteiger partial charge >= 0.3 is 0 Å². The molecule has 1 rings (SSSR count). The third kappa shape index (κ3) is 2.43. The third-order valence-electron chi connectivity index (χ3n) is 1.45. The third-order valence-corrected chi connectivity index (χ3v) is 4.61. The molecule has 11 heavy (non-hydrogen) atoms. The van der Waals surface area contributed by atoms with Crippen molar-refractivity contribution in [2.75, 3.05) is 5.73 Å². The molecule has 0 aliphatic carbocycles. The van der Waals surface area contributed by atoms with Gasteiger partial charge in [-0.1, -0.05) is 26.8 Å². The molecule has 0 spiro atoms. The Hall–Kier alpha value is -0.120. The van der Waals surface area contributed by atoms with Crippen LogP contribution < -0.4 is 5.73 Å². The molecule has 0 saturated carbocycles. The highest BCUT2D eigenvalue weighted by Crippen LogP contribution is 2.37. The molecule has 0 radical (unpaired) electrons. The average Bonchev–Trinajstić information content (AvgIpc) is 1.86. The summed E-state index contributed by atoms with van der Waals surface area (Å²) in [6.07, 6.45) is 0. The van der Waals surface area contributed by atoms with Gasteiger partial charge in [0, 0.05) is 0 Å². The summed E-state index contributed by atoms with van der Waals surface area (Å²) in [5.41, 5.74) is 6.91. The zero-order chi connectivity index (χ0) is 8.48. The van der Waals surface area contributed by atoms with Crippen molar-refractivity contribution in [2.45, 2.75) is 26.2 Å². The first-order valence-electron chi connectivity index (χ1n) is 3.60. The van der Waals surface area contributed by atoms with E-state index in [1.54, 1.807) is 0 Å². The summed E-state index contributed by atoms with van der Waals surface area (Å²) < 4.78 is 0. The van der Waals surface area contributed by atoms with E-state index in [-0.39, 0.29) is 0 Å². The number of rotatable bonds is 0. The Morgan fingerprint density at radius 1 is 1.18 bits per heavy atom. The summed E-state index contributed by atoms with van der Waals surface area (Å²) in [6.45, 7) is 6.70. The molecule has 0 saturated heterocycles. The SMILES string of the molecule is CC(C)(C)c1ccc(N)pp1. The lowest BCUT2D eigenvalue weighted by Gasteiger charge is -2.17. The smallest absolute Gasteiger partial charge is 0.0638 e. The van der Waals surface area contributed by atoms with Crippen molar-refractivity contribution < 1.29 is 0 Å². The molecule has 1 nitrogen and oxygen atoms in total. The molecular formula is C8H13NP2. The summed E-state index contributed by atoms with van der Waals surface area (Å²) in [7, 11) is 2.58. The Bertz CT molecular complexity index is 235. The highest BCUT2D eigenvalue weighted by atomic mass is 31.8. The zero-order valence-corrected chi connectivity index (χ0v) is 8.92. The van der Waals surface area contributed by atoms with E-state index in [9.17, 15) is 0 Å². The van der Waals surface area contributed by atoms with Gasteiger partial charge in [0.05, 0.1) is 5.42 Å². The second kappa shape index (κ2) is 3.09. The molecule has 60 valence electrons. The van der Waals surface area contributed by atoms with Crippen molar-refractivity contribution in [1.82, 2.24) is 0 Å². The molecule has 0 aromatic carbocycles. The molecule has 1 aromatic heterocycles. The molecule has 0 bridgehead atoms. The van der Waals surface area contributed by atoms with Crippen molar-refractivity contribution in [3.05, 3.63) is 17.4 Å². The van der Waals surface area contributed by atoms with Crippen LogP contribution in [0.25, 0.3) is 0 Å². The molecule has 0 atom stereocenters. The van der Waals surface area contributed by atoms with E-state index in [4.69, 9.17) is 5.73 Å². The number of hydrogen-bond acceptors (Lipinski definition) is 1. The van der Waals surface area contributed by atoms with Crippen LogP contribution in [-0.4, -0.2) is 0 Å². The van der Waals surface area contributed by atoms with Gasteiger partial charge in [0.1, 0.15) is 0 Å². The van der Waals surface area contributed by atoms with Crippen LogP contribution in [0.2, 0.25) is 0 Å². The highest BCUT2D eigenvalue weighted by molar-refractivity contribution is 7.92. The van der Waals surface area contributed by atoms with Crippen LogP contribution in [0.15, 0.2) is 12.1 Å². The minimum absolute atomic E-state index is 0.297. The Morgan fingerprint density at radius 2 is 1.82 bits per heavy atom. The summed E-state index contributed by atoms with van der Waals surface area (Å²) in [4.78, 5) is 0. The van der Waals surface area contributed by atoms with Gasteiger partial charge in [-0.05, 0) is 32.5 Å². The van der Waals surface area contributed by atoms with Gasteiger partial charge in [-0.15, -0.1) is 0 Å². The number of nitrogen functional groups attached to an aromatic ring is 1. The van der Waals surface area contributed by atoms with E-state index in [1.165, 1.54) is 21.0 Å². The largest absolute Gasteiger partial charge is 0.395 e. The molecule has 0 fully saturated rings. The fraction of sp³-hybridized carbons (Fsp3) is 0.500. The van der Waals surface area contributed by atoms with Gasteiger partial charge in [0.25, 0.3) is 0 Å². The van der Waals surface area contributed by atoms with Crippen LogP contribution in [-0.2, 0) is 5.41 Å². The highest BCUT2D eigenvalue weighted by Gasteiger charge is 2.13. The second-order valence-electron chi connectivity index (χ2n) is 3.59. The molecule has 0 unspecified atom stereocenters. The maximum absolute atomic E-state index is 5.64. The van der Waals surface area contributed by atoms with E-state index in [0.717, 1.165) is 5.42 Å².